The molecule has 0 spiro atoms. The number of halogens is 1. The standard InChI is InChI=1S/C19H18ClN3O2S/c1-12-5-6-16(26-12)19-22-21-17(25-19)7-8-18(24)23-10-9-14-13(11-23)3-2-4-15(14)20/h2-6H,7-11H2,1H3. The number of amides is 1. The zero-order chi connectivity index (χ0) is 18.1. The topological polar surface area (TPSA) is 59.2 Å². The summed E-state index contributed by atoms with van der Waals surface area (Å²) in [5.41, 5.74) is 2.29. The molecule has 0 aliphatic carbocycles. The minimum atomic E-state index is 0.0994. The van der Waals surface area contributed by atoms with Crippen molar-refractivity contribution in [2.75, 3.05) is 6.54 Å². The monoisotopic (exact) mass is 387 g/mol. The molecule has 1 aliphatic heterocycles. The van der Waals surface area contributed by atoms with E-state index in [1.54, 1.807) is 11.3 Å². The molecule has 0 bridgehead atoms. The summed E-state index contributed by atoms with van der Waals surface area (Å²) in [6.45, 7) is 3.34. The van der Waals surface area contributed by atoms with Gasteiger partial charge in [0.05, 0.1) is 4.88 Å². The van der Waals surface area contributed by atoms with E-state index in [4.69, 9.17) is 16.0 Å². The highest BCUT2D eigenvalue weighted by Gasteiger charge is 2.22. The van der Waals surface area contributed by atoms with Crippen molar-refractivity contribution in [1.29, 1.82) is 0 Å². The lowest BCUT2D eigenvalue weighted by Gasteiger charge is -2.29. The molecular weight excluding hydrogens is 370 g/mol. The van der Waals surface area contributed by atoms with Crippen LogP contribution in [0.5, 0.6) is 0 Å². The van der Waals surface area contributed by atoms with Gasteiger partial charge < -0.3 is 9.32 Å². The highest BCUT2D eigenvalue weighted by Crippen LogP contribution is 2.28. The van der Waals surface area contributed by atoms with Crippen molar-refractivity contribution in [2.45, 2.75) is 32.7 Å². The van der Waals surface area contributed by atoms with Gasteiger partial charge in [0.2, 0.25) is 11.8 Å². The molecule has 4 rings (SSSR count). The molecule has 0 saturated heterocycles. The molecule has 0 unspecified atom stereocenters. The van der Waals surface area contributed by atoms with Crippen LogP contribution in [0, 0.1) is 6.92 Å². The van der Waals surface area contributed by atoms with Crippen molar-refractivity contribution < 1.29 is 9.21 Å². The first-order valence-corrected chi connectivity index (χ1v) is 9.73. The molecule has 26 heavy (non-hydrogen) atoms. The molecule has 1 amide bonds. The number of nitrogens with zero attached hydrogens (tertiary/aromatic N) is 3. The normalized spacial score (nSPS) is 13.7. The third-order valence-electron chi connectivity index (χ3n) is 4.53. The predicted molar refractivity (Wildman–Crippen MR) is 101 cm³/mol. The lowest BCUT2D eigenvalue weighted by atomic mass is 9.99. The number of rotatable bonds is 4. The summed E-state index contributed by atoms with van der Waals surface area (Å²) in [6.07, 6.45) is 1.61. The van der Waals surface area contributed by atoms with E-state index in [0.29, 0.717) is 37.7 Å². The van der Waals surface area contributed by atoms with Crippen LogP contribution in [0.2, 0.25) is 5.02 Å². The fourth-order valence-electron chi connectivity index (χ4n) is 3.15. The maximum Gasteiger partial charge on any atom is 0.257 e. The smallest absolute Gasteiger partial charge is 0.257 e. The number of carbonyl (C=O) groups is 1. The maximum atomic E-state index is 12.6. The van der Waals surface area contributed by atoms with Gasteiger partial charge >= 0.3 is 0 Å². The summed E-state index contributed by atoms with van der Waals surface area (Å²) < 4.78 is 5.69. The van der Waals surface area contributed by atoms with Gasteiger partial charge in [-0.05, 0) is 42.7 Å². The number of fused-ring (bicyclic) bond motifs is 1. The summed E-state index contributed by atoms with van der Waals surface area (Å²) in [4.78, 5) is 16.6. The largest absolute Gasteiger partial charge is 0.420 e. The van der Waals surface area contributed by atoms with E-state index in [2.05, 4.69) is 10.2 Å². The van der Waals surface area contributed by atoms with Crippen LogP contribution in [0.15, 0.2) is 34.7 Å². The molecule has 3 heterocycles. The number of benzene rings is 1. The first kappa shape index (κ1) is 17.2. The van der Waals surface area contributed by atoms with Crippen LogP contribution in [0.1, 0.15) is 28.3 Å². The molecule has 2 aromatic heterocycles. The van der Waals surface area contributed by atoms with E-state index in [1.807, 2.05) is 42.2 Å². The summed E-state index contributed by atoms with van der Waals surface area (Å²) in [7, 11) is 0. The number of aromatic nitrogens is 2. The Kier molecular flexibility index (Phi) is 4.78. The first-order chi connectivity index (χ1) is 12.6. The molecule has 7 heteroatoms. The molecule has 134 valence electrons. The summed E-state index contributed by atoms with van der Waals surface area (Å²) in [5, 5.41) is 8.94. The van der Waals surface area contributed by atoms with Gasteiger partial charge in [0.15, 0.2) is 0 Å². The second-order valence-electron chi connectivity index (χ2n) is 6.35. The average Bonchev–Trinajstić information content (AvgIpc) is 3.28. The predicted octanol–water partition coefficient (Wildman–Crippen LogP) is 4.28. The van der Waals surface area contributed by atoms with E-state index in [9.17, 15) is 4.79 Å². The van der Waals surface area contributed by atoms with Gasteiger partial charge in [-0.2, -0.15) is 0 Å². The van der Waals surface area contributed by atoms with Crippen molar-refractivity contribution in [3.63, 3.8) is 0 Å². The molecule has 0 saturated carbocycles. The van der Waals surface area contributed by atoms with Crippen LogP contribution in [0.3, 0.4) is 0 Å². The van der Waals surface area contributed by atoms with Crippen molar-refractivity contribution in [3.05, 3.63) is 57.2 Å². The van der Waals surface area contributed by atoms with Crippen molar-refractivity contribution in [1.82, 2.24) is 15.1 Å². The van der Waals surface area contributed by atoms with Crippen LogP contribution in [0.4, 0.5) is 0 Å². The highest BCUT2D eigenvalue weighted by molar-refractivity contribution is 7.15. The Balaban J connectivity index is 1.37. The van der Waals surface area contributed by atoms with Crippen molar-refractivity contribution in [2.24, 2.45) is 0 Å². The fourth-order valence-corrected chi connectivity index (χ4v) is 4.23. The van der Waals surface area contributed by atoms with Crippen molar-refractivity contribution in [3.8, 4) is 10.8 Å². The Bertz CT molecular complexity index is 950. The van der Waals surface area contributed by atoms with Gasteiger partial charge in [-0.15, -0.1) is 21.5 Å². The van der Waals surface area contributed by atoms with E-state index in [1.165, 1.54) is 4.88 Å². The second-order valence-corrected chi connectivity index (χ2v) is 8.05. The van der Waals surface area contributed by atoms with E-state index >= 15 is 0 Å². The Morgan fingerprint density at radius 3 is 3.00 bits per heavy atom. The third-order valence-corrected chi connectivity index (χ3v) is 5.88. The zero-order valence-corrected chi connectivity index (χ0v) is 15.9. The van der Waals surface area contributed by atoms with Crippen LogP contribution >= 0.6 is 22.9 Å². The number of hydrogen-bond donors (Lipinski definition) is 0. The molecule has 1 aliphatic rings. The fraction of sp³-hybridized carbons (Fsp3) is 0.316. The minimum absolute atomic E-state index is 0.0994. The van der Waals surface area contributed by atoms with Crippen LogP contribution in [-0.2, 0) is 24.2 Å². The molecule has 0 atom stereocenters. The average molecular weight is 388 g/mol. The van der Waals surface area contributed by atoms with Gasteiger partial charge in [-0.3, -0.25) is 4.79 Å². The highest BCUT2D eigenvalue weighted by atomic mass is 35.5. The van der Waals surface area contributed by atoms with Gasteiger partial charge in [0.1, 0.15) is 0 Å². The van der Waals surface area contributed by atoms with Gasteiger partial charge in [-0.1, -0.05) is 23.7 Å². The number of hydrogen-bond acceptors (Lipinski definition) is 5. The van der Waals surface area contributed by atoms with Crippen molar-refractivity contribution >= 4 is 28.8 Å². The van der Waals surface area contributed by atoms with E-state index in [-0.39, 0.29) is 5.91 Å². The van der Waals surface area contributed by atoms with Crippen LogP contribution in [-0.4, -0.2) is 27.5 Å². The second kappa shape index (κ2) is 7.21. The lowest BCUT2D eigenvalue weighted by molar-refractivity contribution is -0.132. The number of thiophene rings is 1. The summed E-state index contributed by atoms with van der Waals surface area (Å²) >= 11 is 7.85. The molecular formula is C19H18ClN3O2S. The van der Waals surface area contributed by atoms with Crippen LogP contribution < -0.4 is 0 Å². The quantitative estimate of drug-likeness (QED) is 0.670. The maximum absolute atomic E-state index is 12.6. The third kappa shape index (κ3) is 3.52. The Labute approximate surface area is 160 Å². The molecule has 1 aromatic carbocycles. The first-order valence-electron chi connectivity index (χ1n) is 8.53. The molecule has 5 nitrogen and oxygen atoms in total. The van der Waals surface area contributed by atoms with Gasteiger partial charge in [0, 0.05) is 35.8 Å². The number of carbonyl (C=O) groups excluding carboxylic acids is 1. The zero-order valence-electron chi connectivity index (χ0n) is 14.4. The van der Waals surface area contributed by atoms with E-state index in [0.717, 1.165) is 27.4 Å². The molecule has 0 radical (unpaired) electrons. The lowest BCUT2D eigenvalue weighted by Crippen LogP contribution is -2.36. The summed E-state index contributed by atoms with van der Waals surface area (Å²) in [6, 6.07) is 9.86. The molecule has 3 aromatic rings. The Morgan fingerprint density at radius 1 is 1.31 bits per heavy atom. The number of aryl methyl sites for hydroxylation is 2. The summed E-state index contributed by atoms with van der Waals surface area (Å²) in [5.74, 6) is 1.12. The molecule has 0 N–H and O–H groups in total. The SMILES string of the molecule is Cc1ccc(-c2nnc(CCC(=O)N3CCc4c(Cl)cccc4C3)o2)s1. The van der Waals surface area contributed by atoms with Crippen LogP contribution in [0.25, 0.3) is 10.8 Å². The van der Waals surface area contributed by atoms with Gasteiger partial charge in [0.25, 0.3) is 5.89 Å². The Hall–Kier alpha value is -2.18. The Morgan fingerprint density at radius 2 is 2.19 bits per heavy atom. The van der Waals surface area contributed by atoms with Gasteiger partial charge in [-0.25, -0.2) is 0 Å². The minimum Gasteiger partial charge on any atom is -0.420 e. The molecule has 0 fully saturated rings. The van der Waals surface area contributed by atoms with E-state index < -0.39 is 0 Å².